The highest BCUT2D eigenvalue weighted by Gasteiger charge is 2.72. The number of esters is 1. The largest absolute Gasteiger partial charge is 0.469 e. The Morgan fingerprint density at radius 2 is 1.74 bits per heavy atom. The van der Waals surface area contributed by atoms with Gasteiger partial charge in [0.1, 0.15) is 5.76 Å². The molecule has 0 aromatic carbocycles. The summed E-state index contributed by atoms with van der Waals surface area (Å²) in [7, 11) is 1.55. The summed E-state index contributed by atoms with van der Waals surface area (Å²) < 4.78 is 11.4. The summed E-state index contributed by atoms with van der Waals surface area (Å²) in [6, 6.07) is 0. The van der Waals surface area contributed by atoms with E-state index in [9.17, 15) is 10.0 Å². The number of ether oxygens (including phenoxy) is 1. The summed E-state index contributed by atoms with van der Waals surface area (Å²) >= 11 is 0. The van der Waals surface area contributed by atoms with E-state index in [1.165, 1.54) is 5.56 Å². The van der Waals surface area contributed by atoms with Gasteiger partial charge in [-0.15, -0.1) is 0 Å². The maximum absolute atomic E-state index is 13.5. The van der Waals surface area contributed by atoms with E-state index in [4.69, 9.17) is 9.26 Å². The zero-order valence-corrected chi connectivity index (χ0v) is 24.8. The van der Waals surface area contributed by atoms with Gasteiger partial charge in [-0.1, -0.05) is 58.8 Å². The van der Waals surface area contributed by atoms with Crippen LogP contribution in [-0.2, 0) is 21.4 Å². The summed E-state index contributed by atoms with van der Waals surface area (Å²) in [5, 5.41) is 19.0. The average Bonchev–Trinajstić information content (AvgIpc) is 3.32. The van der Waals surface area contributed by atoms with Crippen LogP contribution >= 0.6 is 0 Å². The smallest absolute Gasteiger partial charge is 0.312 e. The SMILES string of the molecule is COC(=O)[C@]12CCC(C)(C)C[C@H]1[C@H]1/C(=N/O)C[C@@H]3[C@@]4(C)Cc5cnoc5C(C)(C)C4CC[C@@]3(C)[C@]1(C)CC2. The Hall–Kier alpha value is -1.85. The third-order valence-electron chi connectivity index (χ3n) is 13.7. The van der Waals surface area contributed by atoms with Gasteiger partial charge >= 0.3 is 5.97 Å². The third kappa shape index (κ3) is 3.04. The minimum Gasteiger partial charge on any atom is -0.469 e. The molecule has 6 heteroatoms. The Morgan fingerprint density at radius 1 is 1.03 bits per heavy atom. The molecule has 6 nitrogen and oxygen atoms in total. The molecule has 1 aromatic heterocycles. The lowest BCUT2D eigenvalue weighted by Gasteiger charge is -2.72. The number of carbonyl (C=O) groups is 1. The fourth-order valence-electron chi connectivity index (χ4n) is 11.7. The van der Waals surface area contributed by atoms with Crippen LogP contribution < -0.4 is 0 Å². The number of oxime groups is 1. The molecule has 1 heterocycles. The molecule has 1 aromatic rings. The number of hydrogen-bond donors (Lipinski definition) is 1. The first kappa shape index (κ1) is 26.4. The van der Waals surface area contributed by atoms with E-state index in [1.807, 2.05) is 6.20 Å². The number of nitrogens with zero attached hydrogens (tertiary/aromatic N) is 2. The highest BCUT2D eigenvalue weighted by Crippen LogP contribution is 2.76. The van der Waals surface area contributed by atoms with Crippen LogP contribution in [0.2, 0.25) is 0 Å². The molecule has 0 spiro atoms. The molecule has 0 aliphatic heterocycles. The molecule has 1 unspecified atom stereocenters. The Labute approximate surface area is 228 Å². The monoisotopic (exact) mass is 524 g/mol. The van der Waals surface area contributed by atoms with Crippen molar-refractivity contribution in [2.45, 2.75) is 112 Å². The van der Waals surface area contributed by atoms with Gasteiger partial charge in [0.2, 0.25) is 0 Å². The Morgan fingerprint density at radius 3 is 2.42 bits per heavy atom. The highest BCUT2D eigenvalue weighted by atomic mass is 16.5. The quantitative estimate of drug-likeness (QED) is 0.239. The Kier molecular flexibility index (Phi) is 5.47. The standard InChI is InChI=1S/C32H48N2O4/c1-27(2)11-13-32(26(35)37-8)14-12-31(7)24(20(32)17-27)21(34-36)15-23-29(5)16-19-18-33-38-25(19)28(3,4)22(29)9-10-30(23,31)6/h18,20,22-24,36H,9-17H2,1-8H3/b34-21+/t20-,22?,23+,24-,29-,30+,31+,32-/m0/s1. The summed E-state index contributed by atoms with van der Waals surface area (Å²) in [5.41, 5.74) is 1.83. The van der Waals surface area contributed by atoms with Gasteiger partial charge in [-0.05, 0) is 97.2 Å². The van der Waals surface area contributed by atoms with Gasteiger partial charge < -0.3 is 14.5 Å². The van der Waals surface area contributed by atoms with Crippen molar-refractivity contribution >= 4 is 11.7 Å². The van der Waals surface area contributed by atoms with E-state index in [1.54, 1.807) is 7.11 Å². The van der Waals surface area contributed by atoms with E-state index in [-0.39, 0.29) is 44.9 Å². The molecule has 5 aliphatic rings. The Balaban J connectivity index is 1.49. The molecule has 0 saturated heterocycles. The molecular weight excluding hydrogens is 476 g/mol. The van der Waals surface area contributed by atoms with Gasteiger partial charge in [0, 0.05) is 16.9 Å². The van der Waals surface area contributed by atoms with Crippen molar-refractivity contribution < 1.29 is 19.3 Å². The van der Waals surface area contributed by atoms with E-state index in [0.717, 1.165) is 69.3 Å². The van der Waals surface area contributed by atoms with Crippen molar-refractivity contribution in [2.75, 3.05) is 7.11 Å². The van der Waals surface area contributed by atoms with Crippen molar-refractivity contribution in [1.29, 1.82) is 0 Å². The normalized spacial score (nSPS) is 47.6. The van der Waals surface area contributed by atoms with E-state index in [2.05, 4.69) is 58.8 Å². The second-order valence-corrected chi connectivity index (χ2v) is 16.0. The number of methoxy groups -OCH3 is 1. The van der Waals surface area contributed by atoms with Gasteiger partial charge in [0.25, 0.3) is 0 Å². The lowest BCUT2D eigenvalue weighted by atomic mass is 9.31. The molecule has 4 saturated carbocycles. The van der Waals surface area contributed by atoms with Gasteiger partial charge in [-0.3, -0.25) is 4.79 Å². The van der Waals surface area contributed by atoms with Crippen LogP contribution in [0.4, 0.5) is 0 Å². The molecule has 8 atom stereocenters. The zero-order chi connectivity index (χ0) is 27.5. The van der Waals surface area contributed by atoms with Crippen LogP contribution in [0.1, 0.15) is 111 Å². The van der Waals surface area contributed by atoms with Crippen LogP contribution in [0.5, 0.6) is 0 Å². The highest BCUT2D eigenvalue weighted by molar-refractivity contribution is 5.90. The number of carbonyl (C=O) groups excluding carboxylic acids is 1. The van der Waals surface area contributed by atoms with Gasteiger partial charge in [-0.2, -0.15) is 0 Å². The van der Waals surface area contributed by atoms with E-state index in [0.29, 0.717) is 11.8 Å². The fraction of sp³-hybridized carbons (Fsp3) is 0.844. The molecule has 1 N–H and O–H groups in total. The second-order valence-electron chi connectivity index (χ2n) is 16.0. The third-order valence-corrected chi connectivity index (χ3v) is 13.7. The molecule has 6 rings (SSSR count). The van der Waals surface area contributed by atoms with Gasteiger partial charge in [-0.25, -0.2) is 0 Å². The second kappa shape index (κ2) is 7.87. The molecule has 0 bridgehead atoms. The van der Waals surface area contributed by atoms with Gasteiger partial charge in [0.05, 0.1) is 24.4 Å². The van der Waals surface area contributed by atoms with Crippen molar-refractivity contribution in [1.82, 2.24) is 5.16 Å². The van der Waals surface area contributed by atoms with Crippen LogP contribution in [0, 0.1) is 50.7 Å². The van der Waals surface area contributed by atoms with Crippen LogP contribution in [0.3, 0.4) is 0 Å². The van der Waals surface area contributed by atoms with Crippen LogP contribution in [-0.4, -0.2) is 29.2 Å². The fourth-order valence-corrected chi connectivity index (χ4v) is 11.7. The van der Waals surface area contributed by atoms with Crippen molar-refractivity contribution in [2.24, 2.45) is 55.9 Å². The molecule has 0 radical (unpaired) electrons. The topological polar surface area (TPSA) is 84.9 Å². The van der Waals surface area contributed by atoms with Crippen LogP contribution in [0.15, 0.2) is 15.9 Å². The molecule has 4 fully saturated rings. The molecular formula is C32H48N2O4. The van der Waals surface area contributed by atoms with Crippen molar-refractivity contribution in [3.05, 3.63) is 17.5 Å². The summed E-state index contributed by atoms with van der Waals surface area (Å²) in [6.07, 6.45) is 10.7. The lowest BCUT2D eigenvalue weighted by Crippen LogP contribution is -2.69. The Bertz CT molecular complexity index is 1180. The summed E-state index contributed by atoms with van der Waals surface area (Å²) in [6.45, 7) is 16.9. The summed E-state index contributed by atoms with van der Waals surface area (Å²) in [4.78, 5) is 13.5. The number of hydrogen-bond acceptors (Lipinski definition) is 6. The van der Waals surface area contributed by atoms with E-state index >= 15 is 0 Å². The molecule has 0 amide bonds. The van der Waals surface area contributed by atoms with Gasteiger partial charge in [0.15, 0.2) is 0 Å². The van der Waals surface area contributed by atoms with Crippen molar-refractivity contribution in [3.63, 3.8) is 0 Å². The summed E-state index contributed by atoms with van der Waals surface area (Å²) in [5.74, 6) is 2.09. The first-order valence-corrected chi connectivity index (χ1v) is 14.9. The number of fused-ring (bicyclic) bond motifs is 8. The maximum atomic E-state index is 13.5. The molecule has 38 heavy (non-hydrogen) atoms. The maximum Gasteiger partial charge on any atom is 0.312 e. The first-order valence-electron chi connectivity index (χ1n) is 14.9. The lowest BCUT2D eigenvalue weighted by molar-refractivity contribution is -0.212. The predicted octanol–water partition coefficient (Wildman–Crippen LogP) is 7.18. The zero-order valence-electron chi connectivity index (χ0n) is 24.8. The number of rotatable bonds is 1. The van der Waals surface area contributed by atoms with Crippen LogP contribution in [0.25, 0.3) is 0 Å². The minimum atomic E-state index is -0.473. The average molecular weight is 525 g/mol. The molecule has 5 aliphatic carbocycles. The molecule has 210 valence electrons. The van der Waals surface area contributed by atoms with Crippen molar-refractivity contribution in [3.8, 4) is 0 Å². The first-order chi connectivity index (χ1) is 17.7. The van der Waals surface area contributed by atoms with E-state index < -0.39 is 5.41 Å². The predicted molar refractivity (Wildman–Crippen MR) is 146 cm³/mol. The minimum absolute atomic E-state index is 0.0433. The number of aromatic nitrogens is 1.